The Bertz CT molecular complexity index is 1070. The number of anilines is 1. The SMILES string of the molecule is NS(=O)(=O)c1ccc(NC(=O)N2CCN(C(=O)COc3ccc(Cl)cc3Cl)CC2)cc1. The van der Waals surface area contributed by atoms with Crippen LogP contribution in [0.3, 0.4) is 0 Å². The first-order valence-corrected chi connectivity index (χ1v) is 11.5. The molecule has 0 unspecified atom stereocenters. The molecule has 2 aromatic rings. The maximum atomic E-state index is 12.4. The number of rotatable bonds is 5. The minimum atomic E-state index is -3.79. The average Bonchev–Trinajstić information content (AvgIpc) is 2.73. The van der Waals surface area contributed by atoms with E-state index in [-0.39, 0.29) is 23.4 Å². The molecule has 3 N–H and O–H groups in total. The predicted octanol–water partition coefficient (Wildman–Crippen LogP) is 2.40. The van der Waals surface area contributed by atoms with E-state index in [0.717, 1.165) is 0 Å². The molecule has 0 spiro atoms. The van der Waals surface area contributed by atoms with E-state index in [1.165, 1.54) is 30.3 Å². The van der Waals surface area contributed by atoms with Crippen LogP contribution in [0.1, 0.15) is 0 Å². The number of piperazine rings is 1. The number of sulfonamides is 1. The smallest absolute Gasteiger partial charge is 0.321 e. The van der Waals surface area contributed by atoms with Gasteiger partial charge in [0.15, 0.2) is 6.61 Å². The zero-order valence-electron chi connectivity index (χ0n) is 16.3. The molecule has 0 aliphatic carbocycles. The largest absolute Gasteiger partial charge is 0.482 e. The van der Waals surface area contributed by atoms with Crippen molar-refractivity contribution in [3.8, 4) is 5.75 Å². The zero-order valence-corrected chi connectivity index (χ0v) is 18.6. The van der Waals surface area contributed by atoms with Crippen LogP contribution in [0.2, 0.25) is 10.0 Å². The van der Waals surface area contributed by atoms with Gasteiger partial charge in [0, 0.05) is 36.9 Å². The summed E-state index contributed by atoms with van der Waals surface area (Å²) in [6.07, 6.45) is 0. The van der Waals surface area contributed by atoms with Gasteiger partial charge in [-0.2, -0.15) is 0 Å². The Balaban J connectivity index is 1.47. The molecule has 3 rings (SSSR count). The van der Waals surface area contributed by atoms with Crippen LogP contribution in [-0.2, 0) is 14.8 Å². The molecule has 9 nitrogen and oxygen atoms in total. The highest BCUT2D eigenvalue weighted by Crippen LogP contribution is 2.27. The third-order valence-electron chi connectivity index (χ3n) is 4.60. The highest BCUT2D eigenvalue weighted by atomic mass is 35.5. The Morgan fingerprint density at radius 3 is 2.19 bits per heavy atom. The molecule has 1 aliphatic heterocycles. The molecular weight excluding hydrogens is 467 g/mol. The third-order valence-corrected chi connectivity index (χ3v) is 6.06. The number of halogens is 2. The van der Waals surface area contributed by atoms with Crippen molar-refractivity contribution in [2.75, 3.05) is 38.1 Å². The van der Waals surface area contributed by atoms with Gasteiger partial charge in [0.1, 0.15) is 5.75 Å². The molecule has 166 valence electrons. The predicted molar refractivity (Wildman–Crippen MR) is 117 cm³/mol. The van der Waals surface area contributed by atoms with Gasteiger partial charge in [-0.25, -0.2) is 18.4 Å². The summed E-state index contributed by atoms with van der Waals surface area (Å²) in [6.45, 7) is 1.22. The number of amides is 3. The van der Waals surface area contributed by atoms with Gasteiger partial charge in [0.25, 0.3) is 5.91 Å². The van der Waals surface area contributed by atoms with Gasteiger partial charge in [-0.1, -0.05) is 23.2 Å². The fourth-order valence-corrected chi connectivity index (χ4v) is 3.89. The number of ether oxygens (including phenoxy) is 1. The Morgan fingerprint density at radius 1 is 1.00 bits per heavy atom. The van der Waals surface area contributed by atoms with Crippen molar-refractivity contribution in [2.45, 2.75) is 4.90 Å². The fourth-order valence-electron chi connectivity index (χ4n) is 2.91. The van der Waals surface area contributed by atoms with Crippen LogP contribution in [0, 0.1) is 0 Å². The number of carbonyl (C=O) groups excluding carboxylic acids is 2. The van der Waals surface area contributed by atoms with Crippen LogP contribution in [0.5, 0.6) is 5.75 Å². The minimum absolute atomic E-state index is 0.0419. The maximum Gasteiger partial charge on any atom is 0.321 e. The van der Waals surface area contributed by atoms with Crippen LogP contribution >= 0.6 is 23.2 Å². The molecular formula is C19H20Cl2N4O5S. The van der Waals surface area contributed by atoms with Crippen LogP contribution in [0.4, 0.5) is 10.5 Å². The van der Waals surface area contributed by atoms with Crippen LogP contribution < -0.4 is 15.2 Å². The first kappa shape index (κ1) is 23.1. The first-order chi connectivity index (χ1) is 14.6. The molecule has 0 saturated carbocycles. The summed E-state index contributed by atoms with van der Waals surface area (Å²) in [4.78, 5) is 27.9. The molecule has 31 heavy (non-hydrogen) atoms. The minimum Gasteiger partial charge on any atom is -0.482 e. The second kappa shape index (κ2) is 9.73. The number of benzene rings is 2. The normalized spacial score (nSPS) is 14.3. The Morgan fingerprint density at radius 2 is 1.61 bits per heavy atom. The van der Waals surface area contributed by atoms with E-state index in [0.29, 0.717) is 47.7 Å². The van der Waals surface area contributed by atoms with Crippen LogP contribution in [0.15, 0.2) is 47.4 Å². The van der Waals surface area contributed by atoms with E-state index in [9.17, 15) is 18.0 Å². The van der Waals surface area contributed by atoms with Crippen molar-refractivity contribution >= 4 is 50.9 Å². The lowest BCUT2D eigenvalue weighted by atomic mass is 10.3. The lowest BCUT2D eigenvalue weighted by Gasteiger charge is -2.34. The quantitative estimate of drug-likeness (QED) is 0.671. The monoisotopic (exact) mass is 486 g/mol. The van der Waals surface area contributed by atoms with Gasteiger partial charge in [-0.3, -0.25) is 4.79 Å². The second-order valence-electron chi connectivity index (χ2n) is 6.73. The topological polar surface area (TPSA) is 122 Å². The molecule has 0 bridgehead atoms. The third kappa shape index (κ3) is 6.23. The highest BCUT2D eigenvalue weighted by molar-refractivity contribution is 7.89. The van der Waals surface area contributed by atoms with E-state index in [1.54, 1.807) is 21.9 Å². The number of carbonyl (C=O) groups is 2. The number of nitrogens with two attached hydrogens (primary N) is 1. The van der Waals surface area contributed by atoms with Crippen molar-refractivity contribution in [3.63, 3.8) is 0 Å². The van der Waals surface area contributed by atoms with E-state index < -0.39 is 10.0 Å². The van der Waals surface area contributed by atoms with Crippen molar-refractivity contribution in [3.05, 3.63) is 52.5 Å². The molecule has 1 fully saturated rings. The molecule has 1 aliphatic rings. The summed E-state index contributed by atoms with van der Waals surface area (Å²) in [7, 11) is -3.79. The van der Waals surface area contributed by atoms with Crippen LogP contribution in [0.25, 0.3) is 0 Å². The van der Waals surface area contributed by atoms with E-state index >= 15 is 0 Å². The van der Waals surface area contributed by atoms with E-state index in [1.807, 2.05) is 0 Å². The van der Waals surface area contributed by atoms with Gasteiger partial charge in [-0.05, 0) is 42.5 Å². The average molecular weight is 487 g/mol. The summed E-state index contributed by atoms with van der Waals surface area (Å²) in [5.74, 6) is 0.149. The Kier molecular flexibility index (Phi) is 7.26. The first-order valence-electron chi connectivity index (χ1n) is 9.18. The Hall–Kier alpha value is -2.53. The lowest BCUT2D eigenvalue weighted by Crippen LogP contribution is -2.52. The molecule has 12 heteroatoms. The number of nitrogens with zero attached hydrogens (tertiary/aromatic N) is 2. The van der Waals surface area contributed by atoms with E-state index in [2.05, 4.69) is 5.32 Å². The van der Waals surface area contributed by atoms with E-state index in [4.69, 9.17) is 33.1 Å². The molecule has 2 aromatic carbocycles. The van der Waals surface area contributed by atoms with Crippen molar-refractivity contribution in [1.82, 2.24) is 9.80 Å². The summed E-state index contributed by atoms with van der Waals surface area (Å²) in [5, 5.41) is 8.53. The standard InChI is InChI=1S/C19H20Cl2N4O5S/c20-13-1-6-17(16(21)11-13)30-12-18(26)24-7-9-25(10-8-24)19(27)23-14-2-4-15(5-3-14)31(22,28)29/h1-6,11H,7-10,12H2,(H,23,27)(H2,22,28,29). The summed E-state index contributed by atoms with van der Waals surface area (Å²) in [6, 6.07) is 9.93. The van der Waals surface area contributed by atoms with Crippen molar-refractivity contribution < 1.29 is 22.7 Å². The lowest BCUT2D eigenvalue weighted by molar-refractivity contribution is -0.134. The summed E-state index contributed by atoms with van der Waals surface area (Å²) in [5.41, 5.74) is 0.434. The number of primary sulfonamides is 1. The molecule has 0 aromatic heterocycles. The van der Waals surface area contributed by atoms with Gasteiger partial charge < -0.3 is 19.9 Å². The molecule has 3 amide bonds. The summed E-state index contributed by atoms with van der Waals surface area (Å²) >= 11 is 11.9. The Labute approximate surface area is 189 Å². The maximum absolute atomic E-state index is 12.4. The molecule has 0 radical (unpaired) electrons. The van der Waals surface area contributed by atoms with Crippen molar-refractivity contribution in [2.24, 2.45) is 5.14 Å². The van der Waals surface area contributed by atoms with Gasteiger partial charge >= 0.3 is 6.03 Å². The molecule has 1 saturated heterocycles. The number of urea groups is 1. The number of hydrogen-bond donors (Lipinski definition) is 2. The second-order valence-corrected chi connectivity index (χ2v) is 9.14. The fraction of sp³-hybridized carbons (Fsp3) is 0.263. The highest BCUT2D eigenvalue weighted by Gasteiger charge is 2.24. The van der Waals surface area contributed by atoms with Gasteiger partial charge in [0.05, 0.1) is 9.92 Å². The molecule has 1 heterocycles. The van der Waals surface area contributed by atoms with Crippen molar-refractivity contribution in [1.29, 1.82) is 0 Å². The number of nitrogens with one attached hydrogen (secondary N) is 1. The van der Waals surface area contributed by atoms with Crippen LogP contribution in [-0.4, -0.2) is 62.9 Å². The zero-order chi connectivity index (χ0) is 22.6. The molecule has 0 atom stereocenters. The summed E-state index contributed by atoms with van der Waals surface area (Å²) < 4.78 is 28.0. The number of hydrogen-bond acceptors (Lipinski definition) is 5. The van der Waals surface area contributed by atoms with Gasteiger partial charge in [0.2, 0.25) is 10.0 Å². The van der Waals surface area contributed by atoms with Gasteiger partial charge in [-0.15, -0.1) is 0 Å².